The number of carbonyl (C=O) groups is 2. The molecule has 2 amide bonds. The predicted molar refractivity (Wildman–Crippen MR) is 116 cm³/mol. The Morgan fingerprint density at radius 1 is 1.26 bits per heavy atom. The fraction of sp³-hybridized carbons (Fsp3) is 0.364. The molecule has 1 saturated heterocycles. The van der Waals surface area contributed by atoms with Crippen molar-refractivity contribution < 1.29 is 18.8 Å². The van der Waals surface area contributed by atoms with E-state index in [9.17, 15) is 9.59 Å². The normalized spacial score (nSPS) is 16.0. The molecule has 0 aliphatic carbocycles. The maximum Gasteiger partial charge on any atom is 0.276 e. The first-order valence-corrected chi connectivity index (χ1v) is 10.8. The molecule has 4 rings (SSSR count). The second-order valence-electron chi connectivity index (χ2n) is 7.51. The molecule has 1 unspecified atom stereocenters. The zero-order valence-corrected chi connectivity index (χ0v) is 18.7. The number of amides is 2. The number of benzene rings is 1. The molecule has 3 aromatic rings. The Bertz CT molecular complexity index is 1120. The third-order valence-corrected chi connectivity index (χ3v) is 6.19. The molecule has 0 bridgehead atoms. The zero-order valence-electron chi connectivity index (χ0n) is 17.9. The van der Waals surface area contributed by atoms with Crippen LogP contribution in [0, 0.1) is 27.7 Å². The Labute approximate surface area is 184 Å². The van der Waals surface area contributed by atoms with Crippen molar-refractivity contribution in [3.63, 3.8) is 0 Å². The van der Waals surface area contributed by atoms with Crippen molar-refractivity contribution in [2.75, 3.05) is 19.7 Å². The minimum atomic E-state index is -0.565. The van der Waals surface area contributed by atoms with E-state index in [0.29, 0.717) is 35.9 Å². The summed E-state index contributed by atoms with van der Waals surface area (Å²) < 4.78 is 10.8. The molecule has 0 radical (unpaired) electrons. The van der Waals surface area contributed by atoms with Crippen LogP contribution in [0.1, 0.15) is 42.9 Å². The Balaban J connectivity index is 1.52. The van der Waals surface area contributed by atoms with Gasteiger partial charge in [-0.1, -0.05) is 35.0 Å². The monoisotopic (exact) mass is 440 g/mol. The largest absolute Gasteiger partial charge is 0.361 e. The molecule has 162 valence electrons. The van der Waals surface area contributed by atoms with Crippen LogP contribution in [0.2, 0.25) is 0 Å². The number of aromatic nitrogens is 2. The molecule has 2 aromatic heterocycles. The highest BCUT2D eigenvalue weighted by atomic mass is 32.1. The molecule has 1 atom stereocenters. The van der Waals surface area contributed by atoms with Crippen LogP contribution in [0.4, 0.5) is 0 Å². The lowest BCUT2D eigenvalue weighted by Gasteiger charge is -2.23. The van der Waals surface area contributed by atoms with E-state index in [4.69, 9.17) is 9.26 Å². The van der Waals surface area contributed by atoms with E-state index in [1.165, 1.54) is 11.3 Å². The van der Waals surface area contributed by atoms with Gasteiger partial charge >= 0.3 is 0 Å². The average molecular weight is 441 g/mol. The van der Waals surface area contributed by atoms with Gasteiger partial charge in [-0.3, -0.25) is 9.59 Å². The summed E-state index contributed by atoms with van der Waals surface area (Å²) in [7, 11) is 0. The summed E-state index contributed by atoms with van der Waals surface area (Å²) in [5.74, 6) is -0.0462. The Morgan fingerprint density at radius 3 is 2.77 bits per heavy atom. The molecular formula is C22H24N4O4S. The minimum Gasteiger partial charge on any atom is -0.361 e. The third kappa shape index (κ3) is 4.24. The van der Waals surface area contributed by atoms with Crippen molar-refractivity contribution >= 4 is 23.2 Å². The number of hydrogen-bond acceptors (Lipinski definition) is 7. The van der Waals surface area contributed by atoms with Gasteiger partial charge in [-0.2, -0.15) is 0 Å². The number of hydrogen-bond donors (Lipinski definition) is 1. The number of carbonyl (C=O) groups excluding carboxylic acids is 2. The summed E-state index contributed by atoms with van der Waals surface area (Å²) in [5.41, 5.74) is 3.44. The quantitative estimate of drug-likeness (QED) is 0.654. The molecule has 9 heteroatoms. The number of nitrogens with one attached hydrogen (secondary N) is 1. The first-order chi connectivity index (χ1) is 14.8. The van der Waals surface area contributed by atoms with Crippen LogP contribution >= 0.6 is 11.3 Å². The highest BCUT2D eigenvalue weighted by molar-refractivity contribution is 7.15. The number of aryl methyl sites for hydroxylation is 4. The van der Waals surface area contributed by atoms with Gasteiger partial charge in [-0.15, -0.1) is 11.3 Å². The van der Waals surface area contributed by atoms with E-state index in [2.05, 4.69) is 15.5 Å². The van der Waals surface area contributed by atoms with E-state index in [-0.39, 0.29) is 18.4 Å². The number of ether oxygens (including phenoxy) is 1. The molecule has 3 heterocycles. The Hall–Kier alpha value is -3.04. The fourth-order valence-corrected chi connectivity index (χ4v) is 4.59. The van der Waals surface area contributed by atoms with Crippen LogP contribution in [0.25, 0.3) is 10.4 Å². The molecule has 1 aliphatic rings. The SMILES string of the molecule is Cc1cccc(-c2sc(C)nc2C(=O)N2CCOC2CNC(=O)c2c(C)noc2C)c1. The summed E-state index contributed by atoms with van der Waals surface area (Å²) in [4.78, 5) is 32.9. The van der Waals surface area contributed by atoms with Crippen molar-refractivity contribution in [3.05, 3.63) is 57.5 Å². The van der Waals surface area contributed by atoms with E-state index in [1.807, 2.05) is 38.1 Å². The van der Waals surface area contributed by atoms with Gasteiger partial charge in [0.05, 0.1) is 28.7 Å². The maximum atomic E-state index is 13.4. The standard InChI is InChI=1S/C22H24N4O4S/c1-12-6-5-7-16(10-12)20-19(24-15(4)31-20)22(28)26-8-9-29-17(26)11-23-21(27)18-13(2)25-30-14(18)3/h5-7,10,17H,8-9,11H2,1-4H3,(H,23,27). The molecule has 0 spiro atoms. The average Bonchev–Trinajstić information content (AvgIpc) is 3.44. The smallest absolute Gasteiger partial charge is 0.276 e. The second-order valence-corrected chi connectivity index (χ2v) is 8.72. The van der Waals surface area contributed by atoms with Crippen LogP contribution in [0.15, 0.2) is 28.8 Å². The third-order valence-electron chi connectivity index (χ3n) is 5.17. The summed E-state index contributed by atoms with van der Waals surface area (Å²) in [5, 5.41) is 7.46. The lowest BCUT2D eigenvalue weighted by Crippen LogP contribution is -2.44. The molecule has 1 aromatic carbocycles. The molecule has 31 heavy (non-hydrogen) atoms. The maximum absolute atomic E-state index is 13.4. The van der Waals surface area contributed by atoms with Crippen LogP contribution in [-0.2, 0) is 4.74 Å². The molecule has 1 aliphatic heterocycles. The summed E-state index contributed by atoms with van der Waals surface area (Å²) in [6.45, 7) is 8.32. The van der Waals surface area contributed by atoms with Gasteiger partial charge in [0.15, 0.2) is 0 Å². The van der Waals surface area contributed by atoms with Crippen LogP contribution in [0.3, 0.4) is 0 Å². The van der Waals surface area contributed by atoms with Crippen LogP contribution in [0.5, 0.6) is 0 Å². The van der Waals surface area contributed by atoms with Crippen molar-refractivity contribution in [1.82, 2.24) is 20.4 Å². The lowest BCUT2D eigenvalue weighted by atomic mass is 10.1. The van der Waals surface area contributed by atoms with Crippen molar-refractivity contribution in [3.8, 4) is 10.4 Å². The molecular weight excluding hydrogens is 416 g/mol. The summed E-state index contributed by atoms with van der Waals surface area (Å²) in [6.07, 6.45) is -0.565. The molecule has 8 nitrogen and oxygen atoms in total. The van der Waals surface area contributed by atoms with Crippen molar-refractivity contribution in [1.29, 1.82) is 0 Å². The number of nitrogens with zero attached hydrogens (tertiary/aromatic N) is 3. The van der Waals surface area contributed by atoms with Gasteiger partial charge in [0.25, 0.3) is 11.8 Å². The van der Waals surface area contributed by atoms with E-state index >= 15 is 0 Å². The lowest BCUT2D eigenvalue weighted by molar-refractivity contribution is 0.0276. The van der Waals surface area contributed by atoms with E-state index in [1.54, 1.807) is 18.7 Å². The van der Waals surface area contributed by atoms with Gasteiger partial charge in [0.1, 0.15) is 23.2 Å². The van der Waals surface area contributed by atoms with Gasteiger partial charge < -0.3 is 19.5 Å². The predicted octanol–water partition coefficient (Wildman–Crippen LogP) is 3.26. The Morgan fingerprint density at radius 2 is 2.06 bits per heavy atom. The zero-order chi connectivity index (χ0) is 22.1. The van der Waals surface area contributed by atoms with Gasteiger partial charge in [-0.05, 0) is 33.3 Å². The van der Waals surface area contributed by atoms with Crippen molar-refractivity contribution in [2.24, 2.45) is 0 Å². The van der Waals surface area contributed by atoms with Crippen LogP contribution in [-0.4, -0.2) is 52.8 Å². The summed E-state index contributed by atoms with van der Waals surface area (Å²) >= 11 is 1.50. The second kappa shape index (κ2) is 8.60. The highest BCUT2D eigenvalue weighted by Crippen LogP contribution is 2.32. The van der Waals surface area contributed by atoms with Crippen molar-refractivity contribution in [2.45, 2.75) is 33.9 Å². The number of rotatable bonds is 5. The first kappa shape index (κ1) is 21.2. The van der Waals surface area contributed by atoms with Gasteiger partial charge in [0, 0.05) is 6.54 Å². The minimum absolute atomic E-state index is 0.164. The molecule has 1 N–H and O–H groups in total. The molecule has 1 fully saturated rings. The van der Waals surface area contributed by atoms with Gasteiger partial charge in [-0.25, -0.2) is 4.98 Å². The highest BCUT2D eigenvalue weighted by Gasteiger charge is 2.34. The number of thiazole rings is 1. The van der Waals surface area contributed by atoms with E-state index < -0.39 is 6.23 Å². The first-order valence-electron chi connectivity index (χ1n) is 10.0. The Kier molecular flexibility index (Phi) is 5.88. The van der Waals surface area contributed by atoms with Gasteiger partial charge in [0.2, 0.25) is 0 Å². The van der Waals surface area contributed by atoms with Crippen LogP contribution < -0.4 is 5.32 Å². The topological polar surface area (TPSA) is 97.6 Å². The molecule has 0 saturated carbocycles. The summed E-state index contributed by atoms with van der Waals surface area (Å²) in [6, 6.07) is 8.02. The van der Waals surface area contributed by atoms with E-state index in [0.717, 1.165) is 21.0 Å². The fourth-order valence-electron chi connectivity index (χ4n) is 3.69.